The monoisotopic (exact) mass is 412 g/mol. The number of methoxy groups -OCH3 is 1. The lowest BCUT2D eigenvalue weighted by molar-refractivity contribution is -0.385. The molecule has 0 saturated carbocycles. The van der Waals surface area contributed by atoms with Crippen LogP contribution in [0.25, 0.3) is 0 Å². The highest BCUT2D eigenvalue weighted by molar-refractivity contribution is 6.40. The molecule has 10 heteroatoms. The fourth-order valence-corrected chi connectivity index (χ4v) is 2.59. The van der Waals surface area contributed by atoms with Crippen LogP contribution in [0.1, 0.15) is 15.9 Å². The van der Waals surface area contributed by atoms with Crippen molar-refractivity contribution in [3.8, 4) is 5.75 Å². The first kappa shape index (κ1) is 20.5. The van der Waals surface area contributed by atoms with Gasteiger partial charge in [0.05, 0.1) is 33.3 Å². The Bertz CT molecular complexity index is 917. The molecule has 0 heterocycles. The largest absolute Gasteiger partial charge is 0.490 e. The van der Waals surface area contributed by atoms with Gasteiger partial charge < -0.3 is 14.8 Å². The highest BCUT2D eigenvalue weighted by Crippen LogP contribution is 2.33. The first-order chi connectivity index (χ1) is 12.7. The molecule has 2 aromatic rings. The highest BCUT2D eigenvalue weighted by atomic mass is 35.5. The van der Waals surface area contributed by atoms with Gasteiger partial charge >= 0.3 is 11.7 Å². The van der Waals surface area contributed by atoms with Crippen molar-refractivity contribution in [3.05, 3.63) is 61.6 Å². The van der Waals surface area contributed by atoms with E-state index in [9.17, 15) is 19.7 Å². The number of amides is 1. The molecule has 1 amide bonds. The molecule has 27 heavy (non-hydrogen) atoms. The number of carbonyl (C=O) groups excluding carboxylic acids is 2. The number of esters is 1. The van der Waals surface area contributed by atoms with Crippen molar-refractivity contribution in [1.82, 2.24) is 0 Å². The molecule has 0 atom stereocenters. The number of hydrogen-bond acceptors (Lipinski definition) is 6. The van der Waals surface area contributed by atoms with Gasteiger partial charge in [-0.1, -0.05) is 29.3 Å². The Hall–Kier alpha value is -2.84. The number of nitro benzene ring substituents is 1. The Kier molecular flexibility index (Phi) is 6.59. The summed E-state index contributed by atoms with van der Waals surface area (Å²) < 4.78 is 9.73. The van der Waals surface area contributed by atoms with Crippen LogP contribution in [0.15, 0.2) is 30.3 Å². The van der Waals surface area contributed by atoms with Crippen LogP contribution in [0, 0.1) is 17.0 Å². The molecule has 0 saturated heterocycles. The molecule has 0 aliphatic heterocycles. The summed E-state index contributed by atoms with van der Waals surface area (Å²) in [5.74, 6) is -1.57. The van der Waals surface area contributed by atoms with Gasteiger partial charge in [0, 0.05) is 6.07 Å². The third-order valence-electron chi connectivity index (χ3n) is 3.49. The Morgan fingerprint density at radius 3 is 2.56 bits per heavy atom. The highest BCUT2D eigenvalue weighted by Gasteiger charge is 2.20. The van der Waals surface area contributed by atoms with E-state index in [1.165, 1.54) is 19.2 Å². The second kappa shape index (κ2) is 8.70. The molecule has 8 nitrogen and oxygen atoms in total. The van der Waals surface area contributed by atoms with Crippen LogP contribution in [-0.4, -0.2) is 30.5 Å². The van der Waals surface area contributed by atoms with Crippen LogP contribution in [0.2, 0.25) is 10.0 Å². The lowest BCUT2D eigenvalue weighted by Crippen LogP contribution is -2.21. The molecule has 0 unspecified atom stereocenters. The minimum Gasteiger partial charge on any atom is -0.490 e. The van der Waals surface area contributed by atoms with Crippen molar-refractivity contribution < 1.29 is 24.0 Å². The Balaban J connectivity index is 2.06. The standard InChI is InChI=1S/C17H14Cl2N2O6/c1-9-3-5-11(18)16(15(9)19)20-14(22)8-27-17(23)10-4-6-13(26-2)12(7-10)21(24)25/h3-7H,8H2,1-2H3,(H,20,22). The van der Waals surface area contributed by atoms with Crippen LogP contribution < -0.4 is 10.1 Å². The SMILES string of the molecule is COc1ccc(C(=O)OCC(=O)Nc2c(Cl)ccc(C)c2Cl)cc1[N+](=O)[O-]. The van der Waals surface area contributed by atoms with E-state index in [1.807, 2.05) is 0 Å². The zero-order chi connectivity index (χ0) is 20.1. The van der Waals surface area contributed by atoms with Crippen molar-refractivity contribution in [2.24, 2.45) is 0 Å². The number of nitrogens with one attached hydrogen (secondary N) is 1. The first-order valence-electron chi connectivity index (χ1n) is 7.48. The fourth-order valence-electron chi connectivity index (χ4n) is 2.12. The van der Waals surface area contributed by atoms with Gasteiger partial charge in [0.25, 0.3) is 5.91 Å². The maximum absolute atomic E-state index is 12.0. The molecular weight excluding hydrogens is 399 g/mol. The molecular formula is C17H14Cl2N2O6. The third kappa shape index (κ3) is 4.87. The number of nitrogens with zero attached hydrogens (tertiary/aromatic N) is 1. The molecule has 1 N–H and O–H groups in total. The van der Waals surface area contributed by atoms with Crippen molar-refractivity contribution in [3.63, 3.8) is 0 Å². The summed E-state index contributed by atoms with van der Waals surface area (Å²) in [7, 11) is 1.27. The van der Waals surface area contributed by atoms with Gasteiger partial charge in [-0.25, -0.2) is 4.79 Å². The van der Waals surface area contributed by atoms with Crippen molar-refractivity contribution >= 4 is 46.5 Å². The molecule has 0 spiro atoms. The summed E-state index contributed by atoms with van der Waals surface area (Å²) in [5.41, 5.74) is 0.426. The molecule has 0 bridgehead atoms. The number of rotatable bonds is 6. The van der Waals surface area contributed by atoms with Crippen molar-refractivity contribution in [2.75, 3.05) is 19.0 Å². The fraction of sp³-hybridized carbons (Fsp3) is 0.176. The molecule has 0 aliphatic rings. The van der Waals surface area contributed by atoms with E-state index in [-0.39, 0.29) is 27.0 Å². The first-order valence-corrected chi connectivity index (χ1v) is 8.24. The molecule has 2 rings (SSSR count). The quantitative estimate of drug-likeness (QED) is 0.436. The summed E-state index contributed by atoms with van der Waals surface area (Å²) in [6.07, 6.45) is 0. The minimum absolute atomic E-state index is 0.00183. The van der Waals surface area contributed by atoms with Crippen LogP contribution in [0.5, 0.6) is 5.75 Å². The van der Waals surface area contributed by atoms with Gasteiger partial charge in [-0.3, -0.25) is 14.9 Å². The Morgan fingerprint density at radius 2 is 1.93 bits per heavy atom. The normalized spacial score (nSPS) is 10.2. The summed E-state index contributed by atoms with van der Waals surface area (Å²) in [4.78, 5) is 34.4. The van der Waals surface area contributed by atoms with E-state index in [0.29, 0.717) is 5.56 Å². The maximum atomic E-state index is 12.0. The Labute approximate surface area is 164 Å². The van der Waals surface area contributed by atoms with Gasteiger partial charge in [0.2, 0.25) is 0 Å². The van der Waals surface area contributed by atoms with Gasteiger partial charge in [0.15, 0.2) is 12.4 Å². The van der Waals surface area contributed by atoms with E-state index >= 15 is 0 Å². The van der Waals surface area contributed by atoms with E-state index in [4.69, 9.17) is 32.7 Å². The van der Waals surface area contributed by atoms with Gasteiger partial charge in [-0.2, -0.15) is 0 Å². The number of nitro groups is 1. The number of aryl methyl sites for hydroxylation is 1. The van der Waals surface area contributed by atoms with Crippen molar-refractivity contribution in [1.29, 1.82) is 0 Å². The molecule has 0 aliphatic carbocycles. The topological polar surface area (TPSA) is 108 Å². The molecule has 142 valence electrons. The zero-order valence-electron chi connectivity index (χ0n) is 14.2. The van der Waals surface area contributed by atoms with E-state index in [2.05, 4.69) is 5.32 Å². The molecule has 0 fully saturated rings. The number of hydrogen-bond donors (Lipinski definition) is 1. The third-order valence-corrected chi connectivity index (χ3v) is 4.30. The summed E-state index contributed by atoms with van der Waals surface area (Å²) in [6.45, 7) is 1.12. The molecule has 0 radical (unpaired) electrons. The maximum Gasteiger partial charge on any atom is 0.338 e. The van der Waals surface area contributed by atoms with Crippen LogP contribution in [0.3, 0.4) is 0 Å². The Morgan fingerprint density at radius 1 is 1.22 bits per heavy atom. The summed E-state index contributed by atoms with van der Waals surface area (Å²) >= 11 is 12.1. The number of anilines is 1. The second-order valence-electron chi connectivity index (χ2n) is 5.32. The molecule has 0 aromatic heterocycles. The van der Waals surface area contributed by atoms with Crippen molar-refractivity contribution in [2.45, 2.75) is 6.92 Å². The number of halogens is 2. The summed E-state index contributed by atoms with van der Waals surface area (Å²) in [6, 6.07) is 6.83. The van der Waals surface area contributed by atoms with Crippen LogP contribution in [0.4, 0.5) is 11.4 Å². The lowest BCUT2D eigenvalue weighted by Gasteiger charge is -2.11. The summed E-state index contributed by atoms with van der Waals surface area (Å²) in [5, 5.41) is 14.0. The van der Waals surface area contributed by atoms with E-state index < -0.39 is 29.1 Å². The number of benzene rings is 2. The smallest absolute Gasteiger partial charge is 0.338 e. The van der Waals surface area contributed by atoms with Crippen LogP contribution in [-0.2, 0) is 9.53 Å². The van der Waals surface area contributed by atoms with E-state index in [1.54, 1.807) is 19.1 Å². The number of ether oxygens (including phenoxy) is 2. The zero-order valence-corrected chi connectivity index (χ0v) is 15.8. The predicted molar refractivity (Wildman–Crippen MR) is 99.8 cm³/mol. The van der Waals surface area contributed by atoms with Gasteiger partial charge in [-0.05, 0) is 30.7 Å². The van der Waals surface area contributed by atoms with Gasteiger partial charge in [-0.15, -0.1) is 0 Å². The lowest BCUT2D eigenvalue weighted by atomic mass is 10.2. The number of carbonyl (C=O) groups is 2. The molecule has 2 aromatic carbocycles. The van der Waals surface area contributed by atoms with Crippen LogP contribution >= 0.6 is 23.2 Å². The second-order valence-corrected chi connectivity index (χ2v) is 6.11. The average Bonchev–Trinajstić information content (AvgIpc) is 2.65. The van der Waals surface area contributed by atoms with Gasteiger partial charge in [0.1, 0.15) is 0 Å². The predicted octanol–water partition coefficient (Wildman–Crippen LogP) is 4.01. The van der Waals surface area contributed by atoms with E-state index in [0.717, 1.165) is 6.07 Å². The average molecular weight is 413 g/mol. The minimum atomic E-state index is -0.905.